The van der Waals surface area contributed by atoms with Crippen molar-refractivity contribution in [2.75, 3.05) is 50.1 Å². The van der Waals surface area contributed by atoms with Crippen LogP contribution in [0.15, 0.2) is 54.4 Å². The topological polar surface area (TPSA) is 147 Å². The van der Waals surface area contributed by atoms with Crippen LogP contribution < -0.4 is 27.6 Å². The lowest BCUT2D eigenvalue weighted by molar-refractivity contribution is 0.0303. The van der Waals surface area contributed by atoms with E-state index in [1.54, 1.807) is 29.2 Å². The normalized spacial score (nSPS) is 17.4. The zero-order chi connectivity index (χ0) is 24.1. The minimum absolute atomic E-state index is 0.0284. The van der Waals surface area contributed by atoms with Crippen LogP contribution >= 0.6 is 0 Å². The Kier molecular flexibility index (Phi) is 7.46. The van der Waals surface area contributed by atoms with Gasteiger partial charge in [-0.25, -0.2) is 5.84 Å². The van der Waals surface area contributed by atoms with Gasteiger partial charge < -0.3 is 26.4 Å². The number of nitrogens with zero attached hydrogens (tertiary/aromatic N) is 2. The van der Waals surface area contributed by atoms with E-state index in [0.29, 0.717) is 54.7 Å². The Morgan fingerprint density at radius 2 is 1.79 bits per heavy atom. The van der Waals surface area contributed by atoms with Gasteiger partial charge in [-0.05, 0) is 73.8 Å². The van der Waals surface area contributed by atoms with Crippen LogP contribution in [-0.2, 0) is 4.74 Å². The Morgan fingerprint density at radius 1 is 1.12 bits per heavy atom. The number of hydrazine groups is 1. The van der Waals surface area contributed by atoms with Crippen molar-refractivity contribution in [3.63, 3.8) is 0 Å². The molecule has 2 heterocycles. The van der Waals surface area contributed by atoms with Crippen LogP contribution in [0.3, 0.4) is 0 Å². The Balaban J connectivity index is 1.46. The number of nitrogens with two attached hydrogens (primary N) is 3. The lowest BCUT2D eigenvalue weighted by atomic mass is 9.88. The van der Waals surface area contributed by atoms with Gasteiger partial charge in [0.2, 0.25) is 0 Å². The van der Waals surface area contributed by atoms with Gasteiger partial charge in [0.1, 0.15) is 0 Å². The third-order valence-electron chi connectivity index (χ3n) is 6.43. The summed E-state index contributed by atoms with van der Waals surface area (Å²) in [6.45, 7) is 4.27. The average Bonchev–Trinajstić information content (AvgIpc) is 2.89. The molecule has 2 saturated heterocycles. The Hall–Kier alpha value is -3.40. The summed E-state index contributed by atoms with van der Waals surface area (Å²) in [5.41, 5.74) is 16.3. The fraction of sp³-hybridized carbons (Fsp3) is 0.360. The van der Waals surface area contributed by atoms with E-state index in [2.05, 4.69) is 5.32 Å². The van der Waals surface area contributed by atoms with Crippen LogP contribution in [0.2, 0.25) is 0 Å². The molecule has 0 bridgehead atoms. The number of allylic oxidation sites excluding steroid dienone is 1. The van der Waals surface area contributed by atoms with Gasteiger partial charge in [0, 0.05) is 36.1 Å². The van der Waals surface area contributed by atoms with Gasteiger partial charge in [-0.3, -0.25) is 15.2 Å². The molecule has 4 rings (SSSR count). The second-order valence-electron chi connectivity index (χ2n) is 8.69. The first-order chi connectivity index (χ1) is 16.4. The molecule has 0 unspecified atom stereocenters. The van der Waals surface area contributed by atoms with Gasteiger partial charge in [0.05, 0.1) is 30.3 Å². The van der Waals surface area contributed by atoms with Crippen LogP contribution in [0.4, 0.5) is 11.4 Å². The Labute approximate surface area is 200 Å². The molecule has 9 nitrogen and oxygen atoms in total. The first kappa shape index (κ1) is 23.7. The summed E-state index contributed by atoms with van der Waals surface area (Å²) in [5.74, 6) is 6.61. The molecule has 2 fully saturated rings. The van der Waals surface area contributed by atoms with E-state index in [-0.39, 0.29) is 17.3 Å². The monoisotopic (exact) mass is 463 g/mol. The lowest BCUT2D eigenvalue weighted by Gasteiger charge is -2.27. The van der Waals surface area contributed by atoms with E-state index in [1.807, 2.05) is 18.2 Å². The zero-order valence-corrected chi connectivity index (χ0v) is 19.3. The molecule has 2 aromatic carbocycles. The van der Waals surface area contributed by atoms with Gasteiger partial charge in [-0.15, -0.1) is 0 Å². The summed E-state index contributed by atoms with van der Waals surface area (Å²) >= 11 is 0. The summed E-state index contributed by atoms with van der Waals surface area (Å²) in [5, 5.41) is 13.3. The molecule has 2 aliphatic heterocycles. The number of morpholine rings is 1. The van der Waals surface area contributed by atoms with Crippen molar-refractivity contribution < 1.29 is 9.53 Å². The number of benzene rings is 2. The molecule has 180 valence electrons. The molecular weight excluding hydrogens is 430 g/mol. The maximum atomic E-state index is 12.6. The summed E-state index contributed by atoms with van der Waals surface area (Å²) < 4.78 is 5.31. The van der Waals surface area contributed by atoms with E-state index in [1.165, 1.54) is 16.8 Å². The predicted molar refractivity (Wildman–Crippen MR) is 135 cm³/mol. The molecule has 34 heavy (non-hydrogen) atoms. The molecular formula is C25H33N7O2. The zero-order valence-electron chi connectivity index (χ0n) is 19.3. The minimum atomic E-state index is -0.0284. The number of hydrogen-bond donors (Lipinski definition) is 5. The van der Waals surface area contributed by atoms with Crippen molar-refractivity contribution in [1.29, 1.82) is 5.41 Å². The van der Waals surface area contributed by atoms with Crippen molar-refractivity contribution in [2.24, 2.45) is 11.6 Å². The molecule has 2 aliphatic rings. The summed E-state index contributed by atoms with van der Waals surface area (Å²) in [4.78, 5) is 14.4. The number of hydrogen-bond acceptors (Lipinski definition) is 8. The second kappa shape index (κ2) is 10.7. The molecule has 0 aromatic heterocycles. The summed E-state index contributed by atoms with van der Waals surface area (Å²) in [6.07, 6.45) is 3.61. The van der Waals surface area contributed by atoms with Crippen molar-refractivity contribution in [1.82, 2.24) is 10.2 Å². The van der Waals surface area contributed by atoms with Crippen molar-refractivity contribution in [3.05, 3.63) is 71.1 Å². The molecule has 0 saturated carbocycles. The molecule has 1 amide bonds. The molecule has 9 heteroatoms. The quantitative estimate of drug-likeness (QED) is 0.190. The summed E-state index contributed by atoms with van der Waals surface area (Å²) in [7, 11) is 0. The van der Waals surface area contributed by atoms with E-state index < -0.39 is 0 Å². The molecule has 0 spiro atoms. The van der Waals surface area contributed by atoms with Gasteiger partial charge in [-0.2, -0.15) is 0 Å². The molecule has 0 aliphatic carbocycles. The largest absolute Gasteiger partial charge is 0.398 e. The number of carbonyl (C=O) groups is 1. The smallest absolute Gasteiger partial charge is 0.254 e. The van der Waals surface area contributed by atoms with E-state index in [0.717, 1.165) is 25.9 Å². The van der Waals surface area contributed by atoms with Gasteiger partial charge in [-0.1, -0.05) is 6.07 Å². The molecule has 2 aromatic rings. The molecule has 0 radical (unpaired) electrons. The highest BCUT2D eigenvalue weighted by Crippen LogP contribution is 2.28. The van der Waals surface area contributed by atoms with E-state index in [4.69, 9.17) is 27.5 Å². The molecule has 0 atom stereocenters. The highest BCUT2D eigenvalue weighted by Gasteiger charge is 2.20. The van der Waals surface area contributed by atoms with Crippen LogP contribution in [-0.4, -0.2) is 55.9 Å². The number of carbonyl (C=O) groups excluding carboxylic acids is 1. The van der Waals surface area contributed by atoms with Gasteiger partial charge in [0.25, 0.3) is 5.91 Å². The lowest BCUT2D eigenvalue weighted by Crippen LogP contribution is -2.40. The van der Waals surface area contributed by atoms with E-state index >= 15 is 0 Å². The van der Waals surface area contributed by atoms with Crippen molar-refractivity contribution in [3.8, 4) is 0 Å². The number of nitrogen functional groups attached to an aromatic ring is 1. The average molecular weight is 464 g/mol. The van der Waals surface area contributed by atoms with Gasteiger partial charge in [0.15, 0.2) is 0 Å². The first-order valence-electron chi connectivity index (χ1n) is 11.6. The van der Waals surface area contributed by atoms with Crippen LogP contribution in [0.5, 0.6) is 0 Å². The number of nitrogens with one attached hydrogen (secondary N) is 2. The van der Waals surface area contributed by atoms with Crippen molar-refractivity contribution in [2.45, 2.75) is 18.8 Å². The van der Waals surface area contributed by atoms with Crippen molar-refractivity contribution >= 4 is 23.0 Å². The second-order valence-corrected chi connectivity index (χ2v) is 8.69. The number of piperidine rings is 1. The SMILES string of the molecule is N=C(/C(N)=C/N(N)c1ccc(C(=O)N2CCOCC2)cc1)c1cc(C2CCNCC2)ccc1N. The Bertz CT molecular complexity index is 1060. The number of rotatable bonds is 6. The Morgan fingerprint density at radius 3 is 2.47 bits per heavy atom. The maximum Gasteiger partial charge on any atom is 0.254 e. The molecule has 8 N–H and O–H groups in total. The number of anilines is 2. The maximum absolute atomic E-state index is 12.6. The predicted octanol–water partition coefficient (Wildman–Crippen LogP) is 1.76. The minimum Gasteiger partial charge on any atom is -0.398 e. The van der Waals surface area contributed by atoms with Crippen LogP contribution in [0.25, 0.3) is 0 Å². The highest BCUT2D eigenvalue weighted by atomic mass is 16.5. The standard InChI is InChI=1S/C25H33N7O2/c26-22-6-3-19(17-7-9-30-10-8-17)15-21(22)24(28)23(27)16-32(29)20-4-1-18(2-5-20)25(33)31-11-13-34-14-12-31/h1-6,15-17,28,30H,7-14,26-27,29H2/b23-16-,28-24?. The fourth-order valence-corrected chi connectivity index (χ4v) is 4.37. The highest BCUT2D eigenvalue weighted by molar-refractivity contribution is 6.13. The van der Waals surface area contributed by atoms with E-state index in [9.17, 15) is 4.79 Å². The van der Waals surface area contributed by atoms with Crippen LogP contribution in [0.1, 0.15) is 40.2 Å². The third kappa shape index (κ3) is 5.39. The van der Waals surface area contributed by atoms with Crippen LogP contribution in [0, 0.1) is 5.41 Å². The number of amides is 1. The van der Waals surface area contributed by atoms with Gasteiger partial charge >= 0.3 is 0 Å². The fourth-order valence-electron chi connectivity index (χ4n) is 4.37. The summed E-state index contributed by atoms with van der Waals surface area (Å²) in [6, 6.07) is 12.9. The third-order valence-corrected chi connectivity index (χ3v) is 6.43. The number of ether oxygens (including phenoxy) is 1. The first-order valence-corrected chi connectivity index (χ1v) is 11.6.